The third-order valence-electron chi connectivity index (χ3n) is 2.97. The van der Waals surface area contributed by atoms with Gasteiger partial charge in [-0.3, -0.25) is 0 Å². The average molecular weight is 233 g/mol. The van der Waals surface area contributed by atoms with Gasteiger partial charge in [-0.1, -0.05) is 0 Å². The Balaban J connectivity index is 2.06. The Kier molecular flexibility index (Phi) is 3.94. The van der Waals surface area contributed by atoms with E-state index in [-0.39, 0.29) is 5.82 Å². The lowest BCUT2D eigenvalue weighted by Gasteiger charge is -2.17. The summed E-state index contributed by atoms with van der Waals surface area (Å²) in [6.45, 7) is 2.03. The Labute approximate surface area is 101 Å². The molecule has 4 heteroatoms. The third-order valence-corrected chi connectivity index (χ3v) is 2.97. The minimum absolute atomic E-state index is 0.360. The molecule has 0 aromatic heterocycles. The van der Waals surface area contributed by atoms with Gasteiger partial charge in [-0.25, -0.2) is 4.39 Å². The fourth-order valence-electron chi connectivity index (χ4n) is 2.14. The second-order valence-electron chi connectivity index (χ2n) is 4.36. The van der Waals surface area contributed by atoms with E-state index in [1.807, 2.05) is 6.07 Å². The van der Waals surface area contributed by atoms with E-state index >= 15 is 0 Å². The van der Waals surface area contributed by atoms with E-state index in [0.29, 0.717) is 17.3 Å². The molecule has 1 atom stereocenters. The van der Waals surface area contributed by atoms with Crippen LogP contribution in [0.2, 0.25) is 0 Å². The van der Waals surface area contributed by atoms with Crippen LogP contribution in [0, 0.1) is 17.1 Å². The Morgan fingerprint density at radius 2 is 2.18 bits per heavy atom. The first kappa shape index (κ1) is 11.9. The number of nitriles is 1. The fraction of sp³-hybridized carbons (Fsp3) is 0.462. The maximum atomic E-state index is 13.2. The van der Waals surface area contributed by atoms with E-state index in [9.17, 15) is 4.39 Å². The van der Waals surface area contributed by atoms with Crippen molar-refractivity contribution in [3.8, 4) is 6.07 Å². The number of anilines is 1. The van der Waals surface area contributed by atoms with Crippen molar-refractivity contribution >= 4 is 5.69 Å². The van der Waals surface area contributed by atoms with E-state index in [1.165, 1.54) is 12.1 Å². The SMILES string of the molecule is N#Cc1cc(F)cc(NC2CCCNCC2)c1. The van der Waals surface area contributed by atoms with Gasteiger partial charge in [0.25, 0.3) is 0 Å². The van der Waals surface area contributed by atoms with Crippen LogP contribution in [0.3, 0.4) is 0 Å². The zero-order chi connectivity index (χ0) is 12.1. The zero-order valence-corrected chi connectivity index (χ0v) is 9.67. The minimum Gasteiger partial charge on any atom is -0.382 e. The normalized spacial score (nSPS) is 20.4. The highest BCUT2D eigenvalue weighted by Crippen LogP contribution is 2.17. The van der Waals surface area contributed by atoms with Crippen LogP contribution in [-0.2, 0) is 0 Å². The summed E-state index contributed by atoms with van der Waals surface area (Å²) in [7, 11) is 0. The first-order valence-corrected chi connectivity index (χ1v) is 5.96. The number of hydrogen-bond acceptors (Lipinski definition) is 3. The monoisotopic (exact) mass is 233 g/mol. The first-order valence-electron chi connectivity index (χ1n) is 5.96. The molecule has 0 spiro atoms. The lowest BCUT2D eigenvalue weighted by atomic mass is 10.1. The predicted octanol–water partition coefficient (Wildman–Crippen LogP) is 2.25. The molecular weight excluding hydrogens is 217 g/mol. The van der Waals surface area contributed by atoms with Crippen LogP contribution in [-0.4, -0.2) is 19.1 Å². The van der Waals surface area contributed by atoms with Gasteiger partial charge in [-0.05, 0) is 50.6 Å². The molecule has 1 aromatic carbocycles. The summed E-state index contributed by atoms with van der Waals surface area (Å²) < 4.78 is 13.2. The Hall–Kier alpha value is -1.60. The summed E-state index contributed by atoms with van der Waals surface area (Å²) in [5.74, 6) is -0.363. The van der Waals surface area contributed by atoms with Crippen molar-refractivity contribution in [1.29, 1.82) is 5.26 Å². The number of halogens is 1. The number of nitrogens with one attached hydrogen (secondary N) is 2. The molecule has 1 aliphatic heterocycles. The van der Waals surface area contributed by atoms with Gasteiger partial charge in [-0.2, -0.15) is 5.26 Å². The zero-order valence-electron chi connectivity index (χ0n) is 9.67. The van der Waals surface area contributed by atoms with Crippen LogP contribution in [0.4, 0.5) is 10.1 Å². The molecule has 1 aliphatic rings. The van der Waals surface area contributed by atoms with Crippen molar-refractivity contribution in [3.05, 3.63) is 29.6 Å². The van der Waals surface area contributed by atoms with E-state index in [1.54, 1.807) is 6.07 Å². The Morgan fingerprint density at radius 3 is 3.00 bits per heavy atom. The molecule has 0 amide bonds. The van der Waals surface area contributed by atoms with Crippen molar-refractivity contribution in [1.82, 2.24) is 5.32 Å². The molecule has 0 aliphatic carbocycles. The highest BCUT2D eigenvalue weighted by molar-refractivity contribution is 5.50. The second-order valence-corrected chi connectivity index (χ2v) is 4.36. The smallest absolute Gasteiger partial charge is 0.126 e. The Morgan fingerprint density at radius 1 is 1.29 bits per heavy atom. The van der Waals surface area contributed by atoms with Crippen LogP contribution in [0.1, 0.15) is 24.8 Å². The van der Waals surface area contributed by atoms with Gasteiger partial charge in [0.1, 0.15) is 5.82 Å². The van der Waals surface area contributed by atoms with Crippen LogP contribution >= 0.6 is 0 Å². The molecule has 1 saturated heterocycles. The molecule has 2 N–H and O–H groups in total. The van der Waals surface area contributed by atoms with E-state index in [2.05, 4.69) is 10.6 Å². The summed E-state index contributed by atoms with van der Waals surface area (Å²) in [6.07, 6.45) is 3.22. The first-order chi connectivity index (χ1) is 8.28. The van der Waals surface area contributed by atoms with Crippen molar-refractivity contribution in [2.45, 2.75) is 25.3 Å². The highest BCUT2D eigenvalue weighted by atomic mass is 19.1. The topological polar surface area (TPSA) is 47.9 Å². The number of nitrogens with zero attached hydrogens (tertiary/aromatic N) is 1. The molecule has 0 bridgehead atoms. The van der Waals surface area contributed by atoms with Crippen LogP contribution in [0.5, 0.6) is 0 Å². The molecule has 2 rings (SSSR count). The molecule has 1 heterocycles. The highest BCUT2D eigenvalue weighted by Gasteiger charge is 2.12. The number of hydrogen-bond donors (Lipinski definition) is 2. The van der Waals surface area contributed by atoms with Gasteiger partial charge in [-0.15, -0.1) is 0 Å². The number of rotatable bonds is 2. The van der Waals surface area contributed by atoms with Crippen LogP contribution in [0.15, 0.2) is 18.2 Å². The van der Waals surface area contributed by atoms with Gasteiger partial charge in [0.2, 0.25) is 0 Å². The third kappa shape index (κ3) is 3.43. The second kappa shape index (κ2) is 5.65. The minimum atomic E-state index is -0.363. The van der Waals surface area contributed by atoms with Crippen molar-refractivity contribution in [3.63, 3.8) is 0 Å². The maximum absolute atomic E-state index is 13.2. The van der Waals surface area contributed by atoms with Gasteiger partial charge in [0.15, 0.2) is 0 Å². The predicted molar refractivity (Wildman–Crippen MR) is 65.2 cm³/mol. The molecular formula is C13H16FN3. The molecule has 1 aromatic rings. The lowest BCUT2D eigenvalue weighted by molar-refractivity contribution is 0.621. The standard InChI is InChI=1S/C13H16FN3/c14-11-6-10(9-15)7-13(8-11)17-12-2-1-4-16-5-3-12/h6-8,12,16-17H,1-5H2. The fourth-order valence-corrected chi connectivity index (χ4v) is 2.14. The van der Waals surface area contributed by atoms with Gasteiger partial charge >= 0.3 is 0 Å². The van der Waals surface area contributed by atoms with Gasteiger partial charge < -0.3 is 10.6 Å². The largest absolute Gasteiger partial charge is 0.382 e. The van der Waals surface area contributed by atoms with E-state index < -0.39 is 0 Å². The van der Waals surface area contributed by atoms with Crippen molar-refractivity contribution < 1.29 is 4.39 Å². The molecule has 0 saturated carbocycles. The summed E-state index contributed by atoms with van der Waals surface area (Å²) in [5, 5.41) is 15.4. The maximum Gasteiger partial charge on any atom is 0.126 e. The summed E-state index contributed by atoms with van der Waals surface area (Å²) in [6, 6.07) is 6.71. The van der Waals surface area contributed by atoms with E-state index in [4.69, 9.17) is 5.26 Å². The van der Waals surface area contributed by atoms with Crippen LogP contribution < -0.4 is 10.6 Å². The van der Waals surface area contributed by atoms with Gasteiger partial charge in [0, 0.05) is 11.7 Å². The lowest BCUT2D eigenvalue weighted by Crippen LogP contribution is -2.21. The van der Waals surface area contributed by atoms with Gasteiger partial charge in [0.05, 0.1) is 11.6 Å². The molecule has 90 valence electrons. The summed E-state index contributed by atoms with van der Waals surface area (Å²) >= 11 is 0. The summed E-state index contributed by atoms with van der Waals surface area (Å²) in [4.78, 5) is 0. The molecule has 0 radical (unpaired) electrons. The van der Waals surface area contributed by atoms with E-state index in [0.717, 1.165) is 32.4 Å². The quantitative estimate of drug-likeness (QED) is 0.823. The summed E-state index contributed by atoms with van der Waals surface area (Å²) in [5.41, 5.74) is 1.06. The molecule has 17 heavy (non-hydrogen) atoms. The van der Waals surface area contributed by atoms with Crippen LogP contribution in [0.25, 0.3) is 0 Å². The molecule has 1 fully saturated rings. The molecule has 3 nitrogen and oxygen atoms in total. The average Bonchev–Trinajstić information content (AvgIpc) is 2.57. The number of benzene rings is 1. The molecule has 1 unspecified atom stereocenters. The Bertz CT molecular complexity index is 417. The van der Waals surface area contributed by atoms with Crippen molar-refractivity contribution in [2.75, 3.05) is 18.4 Å². The van der Waals surface area contributed by atoms with Crippen molar-refractivity contribution in [2.24, 2.45) is 0 Å².